The molecule has 1 amide bonds. The van der Waals surface area contributed by atoms with Crippen molar-refractivity contribution in [2.45, 2.75) is 217 Å². The van der Waals surface area contributed by atoms with E-state index in [0.29, 0.717) is 12.8 Å². The third-order valence-electron chi connectivity index (χ3n) is 9.62. The third-order valence-corrected chi connectivity index (χ3v) is 9.62. The van der Waals surface area contributed by atoms with Crippen molar-refractivity contribution in [2.24, 2.45) is 0 Å². The molecule has 1 rings (SSSR count). The highest BCUT2D eigenvalue weighted by Crippen LogP contribution is 2.23. The van der Waals surface area contributed by atoms with E-state index in [-0.39, 0.29) is 12.5 Å². The van der Waals surface area contributed by atoms with Crippen molar-refractivity contribution in [1.82, 2.24) is 5.32 Å². The van der Waals surface area contributed by atoms with E-state index in [1.54, 1.807) is 0 Å². The molecule has 0 aromatic rings. The van der Waals surface area contributed by atoms with Crippen molar-refractivity contribution < 1.29 is 39.8 Å². The number of unbranched alkanes of at least 4 members (excludes halogenated alkanes) is 20. The van der Waals surface area contributed by atoms with E-state index in [4.69, 9.17) is 9.47 Å². The Kier molecular flexibility index (Phi) is 28.8. The summed E-state index contributed by atoms with van der Waals surface area (Å²) in [6, 6.07) is -0.727. The average molecular weight is 686 g/mol. The molecular formula is C39H75NO8. The molecule has 1 saturated heterocycles. The number of carbonyl (C=O) groups is 1. The first kappa shape index (κ1) is 45.0. The lowest BCUT2D eigenvalue weighted by molar-refractivity contribution is -0.302. The summed E-state index contributed by atoms with van der Waals surface area (Å²) >= 11 is 0. The normalized spacial score (nSPS) is 22.7. The van der Waals surface area contributed by atoms with Crippen molar-refractivity contribution >= 4 is 5.91 Å². The van der Waals surface area contributed by atoms with Gasteiger partial charge in [-0.3, -0.25) is 4.79 Å². The van der Waals surface area contributed by atoms with E-state index in [1.807, 2.05) is 0 Å². The average Bonchev–Trinajstić information content (AvgIpc) is 3.08. The monoisotopic (exact) mass is 686 g/mol. The summed E-state index contributed by atoms with van der Waals surface area (Å²) < 4.78 is 11.2. The van der Waals surface area contributed by atoms with E-state index in [0.717, 1.165) is 44.9 Å². The van der Waals surface area contributed by atoms with Gasteiger partial charge in [-0.1, -0.05) is 142 Å². The van der Waals surface area contributed by atoms with Crippen molar-refractivity contribution in [3.63, 3.8) is 0 Å². The Morgan fingerprint density at radius 3 is 1.69 bits per heavy atom. The van der Waals surface area contributed by atoms with Crippen LogP contribution in [0.1, 0.15) is 174 Å². The molecule has 284 valence electrons. The second-order valence-corrected chi connectivity index (χ2v) is 14.1. The van der Waals surface area contributed by atoms with Crippen LogP contribution in [0.3, 0.4) is 0 Å². The molecule has 0 aromatic heterocycles. The summed E-state index contributed by atoms with van der Waals surface area (Å²) in [5, 5.41) is 54.0. The molecule has 0 aromatic carbocycles. The minimum atomic E-state index is -1.55. The highest BCUT2D eigenvalue weighted by molar-refractivity contribution is 5.76. The minimum absolute atomic E-state index is 0.147. The number of ether oxygens (including phenoxy) is 2. The Balaban J connectivity index is 2.39. The molecule has 1 aliphatic rings. The van der Waals surface area contributed by atoms with Gasteiger partial charge >= 0.3 is 0 Å². The van der Waals surface area contributed by atoms with Crippen LogP contribution in [-0.4, -0.2) is 87.5 Å². The maximum atomic E-state index is 12.9. The largest absolute Gasteiger partial charge is 0.394 e. The molecule has 0 saturated carbocycles. The van der Waals surface area contributed by atoms with E-state index in [9.17, 15) is 30.3 Å². The molecule has 0 radical (unpaired) electrons. The smallest absolute Gasteiger partial charge is 0.220 e. The number of rotatable bonds is 32. The van der Waals surface area contributed by atoms with Crippen LogP contribution < -0.4 is 5.32 Å². The van der Waals surface area contributed by atoms with Crippen molar-refractivity contribution in [2.75, 3.05) is 13.2 Å². The molecule has 1 heterocycles. The van der Waals surface area contributed by atoms with Gasteiger partial charge in [0.15, 0.2) is 6.29 Å². The molecule has 2 unspecified atom stereocenters. The van der Waals surface area contributed by atoms with Crippen LogP contribution in [0.25, 0.3) is 0 Å². The van der Waals surface area contributed by atoms with Crippen LogP contribution in [0.2, 0.25) is 0 Å². The summed E-state index contributed by atoms with van der Waals surface area (Å²) in [4.78, 5) is 12.9. The van der Waals surface area contributed by atoms with Gasteiger partial charge < -0.3 is 40.3 Å². The van der Waals surface area contributed by atoms with Crippen LogP contribution in [0.15, 0.2) is 12.2 Å². The van der Waals surface area contributed by atoms with Crippen LogP contribution in [0, 0.1) is 0 Å². The number of amides is 1. The number of hydrogen-bond acceptors (Lipinski definition) is 8. The van der Waals surface area contributed by atoms with E-state index < -0.39 is 49.5 Å². The quantitative estimate of drug-likeness (QED) is 0.0328. The van der Waals surface area contributed by atoms with Gasteiger partial charge in [0, 0.05) is 6.42 Å². The van der Waals surface area contributed by atoms with Gasteiger partial charge in [-0.05, 0) is 38.5 Å². The molecule has 9 heteroatoms. The van der Waals surface area contributed by atoms with E-state index >= 15 is 0 Å². The summed E-state index contributed by atoms with van der Waals surface area (Å²) in [5.74, 6) is -0.155. The van der Waals surface area contributed by atoms with Gasteiger partial charge in [-0.25, -0.2) is 0 Å². The summed E-state index contributed by atoms with van der Waals surface area (Å²) in [7, 11) is 0. The zero-order valence-electron chi connectivity index (χ0n) is 30.7. The Morgan fingerprint density at radius 1 is 0.688 bits per heavy atom. The first-order valence-electron chi connectivity index (χ1n) is 19.9. The Labute approximate surface area is 293 Å². The number of nitrogens with one attached hydrogen (secondary N) is 1. The lowest BCUT2D eigenvalue weighted by Gasteiger charge is -2.40. The van der Waals surface area contributed by atoms with Crippen LogP contribution >= 0.6 is 0 Å². The lowest BCUT2D eigenvalue weighted by atomic mass is 9.99. The molecule has 0 spiro atoms. The van der Waals surface area contributed by atoms with Crippen LogP contribution in [0.4, 0.5) is 0 Å². The number of aliphatic hydroxyl groups excluding tert-OH is 5. The molecule has 1 fully saturated rings. The standard InChI is InChI=1S/C39H75NO8/c1-3-5-7-9-11-13-15-16-17-18-19-21-23-25-27-29-35(43)40-32(31-47-39-38(46)37(45)36(44)34(30-41)48-39)33(42)28-26-24-22-20-14-12-10-8-6-4-2/h14,20,32-34,36-39,41-42,44-46H,3-13,15-19,21-31H2,1-2H3,(H,40,43)/b20-14+/t32-,33+,34-,36-,37?,38?,39-/m0/s1. The summed E-state index contributed by atoms with van der Waals surface area (Å²) in [5.41, 5.74) is 0. The molecule has 48 heavy (non-hydrogen) atoms. The molecular weight excluding hydrogens is 610 g/mol. The predicted octanol–water partition coefficient (Wildman–Crippen LogP) is 7.00. The Bertz CT molecular complexity index is 766. The number of carbonyl (C=O) groups excluding carboxylic acids is 1. The third kappa shape index (κ3) is 21.9. The Hall–Kier alpha value is -1.07. The van der Waals surface area contributed by atoms with Crippen molar-refractivity contribution in [1.29, 1.82) is 0 Å². The fraction of sp³-hybridized carbons (Fsp3) is 0.923. The maximum absolute atomic E-state index is 12.9. The molecule has 6 N–H and O–H groups in total. The zero-order valence-corrected chi connectivity index (χ0v) is 30.7. The molecule has 1 aliphatic heterocycles. The van der Waals surface area contributed by atoms with Crippen LogP contribution in [0.5, 0.6) is 0 Å². The topological polar surface area (TPSA) is 149 Å². The molecule has 7 atom stereocenters. The van der Waals surface area contributed by atoms with Gasteiger partial charge in [0.2, 0.25) is 5.91 Å². The van der Waals surface area contributed by atoms with E-state index in [1.165, 1.54) is 103 Å². The van der Waals surface area contributed by atoms with Crippen molar-refractivity contribution in [3.05, 3.63) is 12.2 Å². The van der Waals surface area contributed by atoms with Crippen LogP contribution in [-0.2, 0) is 14.3 Å². The molecule has 0 bridgehead atoms. The van der Waals surface area contributed by atoms with Gasteiger partial charge in [0.25, 0.3) is 0 Å². The summed E-state index contributed by atoms with van der Waals surface area (Å²) in [6.45, 7) is 3.77. The zero-order chi connectivity index (χ0) is 35.2. The highest BCUT2D eigenvalue weighted by atomic mass is 16.7. The SMILES string of the molecule is CCCCCC/C=C/CCCC[C@@H](O)[C@H](CO[C@H]1O[C@@H](CO)[C@H](O)C(O)C1O)NC(=O)CCCCCCCCCCCCCCCCC. The predicted molar refractivity (Wildman–Crippen MR) is 194 cm³/mol. The maximum Gasteiger partial charge on any atom is 0.220 e. The second kappa shape index (κ2) is 30.7. The Morgan fingerprint density at radius 2 is 1.17 bits per heavy atom. The van der Waals surface area contributed by atoms with Crippen molar-refractivity contribution in [3.8, 4) is 0 Å². The fourth-order valence-corrected chi connectivity index (χ4v) is 6.33. The van der Waals surface area contributed by atoms with Gasteiger partial charge in [0.1, 0.15) is 24.4 Å². The van der Waals surface area contributed by atoms with Gasteiger partial charge in [-0.15, -0.1) is 0 Å². The fourth-order valence-electron chi connectivity index (χ4n) is 6.33. The molecule has 9 nitrogen and oxygen atoms in total. The minimum Gasteiger partial charge on any atom is -0.394 e. The summed E-state index contributed by atoms with van der Waals surface area (Å²) in [6.07, 6.45) is 25.1. The first-order valence-corrected chi connectivity index (χ1v) is 19.9. The van der Waals surface area contributed by atoms with Gasteiger partial charge in [0.05, 0.1) is 25.4 Å². The first-order chi connectivity index (χ1) is 23.3. The number of allylic oxidation sites excluding steroid dienone is 2. The number of aliphatic hydroxyl groups is 5. The molecule has 0 aliphatic carbocycles. The van der Waals surface area contributed by atoms with Gasteiger partial charge in [-0.2, -0.15) is 0 Å². The highest BCUT2D eigenvalue weighted by Gasteiger charge is 2.44. The number of hydrogen-bond donors (Lipinski definition) is 6. The van der Waals surface area contributed by atoms with E-state index in [2.05, 4.69) is 31.3 Å². The lowest BCUT2D eigenvalue weighted by Crippen LogP contribution is -2.60. The second-order valence-electron chi connectivity index (χ2n) is 14.1.